The molecule has 168 valence electrons. The Morgan fingerprint density at radius 1 is 0.938 bits per heavy atom. The van der Waals surface area contributed by atoms with Crippen LogP contribution in [-0.4, -0.2) is 27.2 Å². The van der Waals surface area contributed by atoms with E-state index in [1.54, 1.807) is 42.5 Å². The molecule has 0 aromatic heterocycles. The second-order valence-corrected chi connectivity index (χ2v) is 9.53. The van der Waals surface area contributed by atoms with Gasteiger partial charge in [0.15, 0.2) is 0 Å². The van der Waals surface area contributed by atoms with Gasteiger partial charge in [-0.25, -0.2) is 8.42 Å². The van der Waals surface area contributed by atoms with E-state index in [1.165, 1.54) is 24.3 Å². The summed E-state index contributed by atoms with van der Waals surface area (Å²) in [7, 11) is -4.06. The second-order valence-electron chi connectivity index (χ2n) is 6.42. The standard InChI is InChI=1S/C21H16F3IN2O4S/c22-21(23,24)31-18-12-8-16(9-13-18)26-20(28)14-27(17-10-6-15(25)7-11-17)32(29,30)19-4-2-1-3-5-19/h1-13H,14H2,(H,26,28). The minimum Gasteiger partial charge on any atom is -0.406 e. The zero-order valence-corrected chi connectivity index (χ0v) is 19.2. The van der Waals surface area contributed by atoms with E-state index in [-0.39, 0.29) is 10.6 Å². The van der Waals surface area contributed by atoms with Crippen molar-refractivity contribution in [2.45, 2.75) is 11.3 Å². The monoisotopic (exact) mass is 576 g/mol. The number of ether oxygens (including phenoxy) is 1. The summed E-state index contributed by atoms with van der Waals surface area (Å²) in [5.41, 5.74) is 0.475. The molecule has 0 saturated heterocycles. The number of carbonyl (C=O) groups is 1. The van der Waals surface area contributed by atoms with E-state index in [1.807, 2.05) is 0 Å². The number of amides is 1. The molecular formula is C21H16F3IN2O4S. The third-order valence-electron chi connectivity index (χ3n) is 4.10. The molecule has 1 N–H and O–H groups in total. The Hall–Kier alpha value is -2.80. The van der Waals surface area contributed by atoms with Crippen LogP contribution >= 0.6 is 22.6 Å². The lowest BCUT2D eigenvalue weighted by molar-refractivity contribution is -0.274. The van der Waals surface area contributed by atoms with Crippen molar-refractivity contribution >= 4 is 49.9 Å². The van der Waals surface area contributed by atoms with Crippen LogP contribution in [0.25, 0.3) is 0 Å². The SMILES string of the molecule is O=C(CN(c1ccc(I)cc1)S(=O)(=O)c1ccccc1)Nc1ccc(OC(F)(F)F)cc1. The van der Waals surface area contributed by atoms with E-state index in [2.05, 4.69) is 32.6 Å². The molecule has 0 fully saturated rings. The number of anilines is 2. The number of hydrogen-bond donors (Lipinski definition) is 1. The van der Waals surface area contributed by atoms with E-state index < -0.39 is 34.6 Å². The minimum absolute atomic E-state index is 0.0139. The predicted octanol–water partition coefficient (Wildman–Crippen LogP) is 5.02. The Morgan fingerprint density at radius 2 is 1.53 bits per heavy atom. The maximum absolute atomic E-state index is 13.2. The summed E-state index contributed by atoms with van der Waals surface area (Å²) in [5.74, 6) is -1.12. The average Bonchev–Trinajstić information content (AvgIpc) is 2.74. The molecule has 0 aliphatic rings. The fourth-order valence-electron chi connectivity index (χ4n) is 2.71. The van der Waals surface area contributed by atoms with E-state index in [4.69, 9.17) is 0 Å². The van der Waals surface area contributed by atoms with Gasteiger partial charge in [0.25, 0.3) is 10.0 Å². The lowest BCUT2D eigenvalue weighted by Gasteiger charge is -2.24. The van der Waals surface area contributed by atoms with Crippen molar-refractivity contribution < 1.29 is 31.1 Å². The smallest absolute Gasteiger partial charge is 0.406 e. The van der Waals surface area contributed by atoms with Crippen LogP contribution in [-0.2, 0) is 14.8 Å². The van der Waals surface area contributed by atoms with Crippen molar-refractivity contribution in [2.75, 3.05) is 16.2 Å². The van der Waals surface area contributed by atoms with Gasteiger partial charge in [-0.3, -0.25) is 9.10 Å². The number of hydrogen-bond acceptors (Lipinski definition) is 4. The number of nitrogens with one attached hydrogen (secondary N) is 1. The first-order valence-electron chi connectivity index (χ1n) is 9.04. The third-order valence-corrected chi connectivity index (χ3v) is 6.61. The van der Waals surface area contributed by atoms with Gasteiger partial charge in [0.1, 0.15) is 12.3 Å². The number of alkyl halides is 3. The molecule has 6 nitrogen and oxygen atoms in total. The molecule has 0 radical (unpaired) electrons. The van der Waals surface area contributed by atoms with Crippen LogP contribution in [0.5, 0.6) is 5.75 Å². The first-order chi connectivity index (χ1) is 15.0. The molecular weight excluding hydrogens is 560 g/mol. The molecule has 0 atom stereocenters. The van der Waals surface area contributed by atoms with E-state index in [0.717, 1.165) is 20.0 Å². The second kappa shape index (κ2) is 9.77. The molecule has 11 heteroatoms. The molecule has 0 unspecified atom stereocenters. The number of benzene rings is 3. The number of nitrogens with zero attached hydrogens (tertiary/aromatic N) is 1. The van der Waals surface area contributed by atoms with Gasteiger partial charge in [0.2, 0.25) is 5.91 Å². The maximum atomic E-state index is 13.2. The highest BCUT2D eigenvalue weighted by molar-refractivity contribution is 14.1. The number of rotatable bonds is 7. The first kappa shape index (κ1) is 23.9. The summed E-state index contributed by atoms with van der Waals surface area (Å²) in [4.78, 5) is 12.6. The summed E-state index contributed by atoms with van der Waals surface area (Å²) in [5, 5.41) is 2.48. The molecule has 0 spiro atoms. The van der Waals surface area contributed by atoms with Gasteiger partial charge in [-0.05, 0) is 83.3 Å². The number of carbonyl (C=O) groups excluding carboxylic acids is 1. The Bertz CT molecular complexity index is 1170. The Kier molecular flexibility index (Phi) is 7.29. The summed E-state index contributed by atoms with van der Waals surface area (Å²) < 4.78 is 68.9. The minimum atomic E-state index is -4.83. The number of sulfonamides is 1. The van der Waals surface area contributed by atoms with Crippen molar-refractivity contribution in [3.63, 3.8) is 0 Å². The average molecular weight is 576 g/mol. The van der Waals surface area contributed by atoms with Gasteiger partial charge < -0.3 is 10.1 Å². The molecule has 0 saturated carbocycles. The van der Waals surface area contributed by atoms with Crippen LogP contribution in [0.2, 0.25) is 0 Å². The zero-order valence-electron chi connectivity index (χ0n) is 16.2. The number of halogens is 4. The molecule has 1 amide bonds. The van der Waals surface area contributed by atoms with E-state index in [0.29, 0.717) is 5.69 Å². The molecule has 32 heavy (non-hydrogen) atoms. The van der Waals surface area contributed by atoms with Crippen LogP contribution in [0.3, 0.4) is 0 Å². The summed E-state index contributed by atoms with van der Waals surface area (Å²) in [6, 6.07) is 18.8. The van der Waals surface area contributed by atoms with Crippen LogP contribution in [0, 0.1) is 3.57 Å². The summed E-state index contributed by atoms with van der Waals surface area (Å²) in [6.07, 6.45) is -4.83. The van der Waals surface area contributed by atoms with Crippen LogP contribution in [0.1, 0.15) is 0 Å². The quantitative estimate of drug-likeness (QED) is 0.401. The third kappa shape index (κ3) is 6.36. The molecule has 3 aromatic rings. The van der Waals surface area contributed by atoms with Crippen LogP contribution in [0.4, 0.5) is 24.5 Å². The van der Waals surface area contributed by atoms with Crippen molar-refractivity contribution in [3.05, 3.63) is 82.4 Å². The highest BCUT2D eigenvalue weighted by Crippen LogP contribution is 2.26. The molecule has 0 aliphatic carbocycles. The maximum Gasteiger partial charge on any atom is 0.573 e. The van der Waals surface area contributed by atoms with Gasteiger partial charge in [-0.2, -0.15) is 0 Å². The molecule has 0 bridgehead atoms. The van der Waals surface area contributed by atoms with Crippen molar-refractivity contribution in [3.8, 4) is 5.75 Å². The Labute approximate surface area is 196 Å². The summed E-state index contributed by atoms with van der Waals surface area (Å²) in [6.45, 7) is -0.543. The summed E-state index contributed by atoms with van der Waals surface area (Å²) >= 11 is 2.08. The Balaban J connectivity index is 1.82. The van der Waals surface area contributed by atoms with Crippen molar-refractivity contribution in [1.82, 2.24) is 0 Å². The largest absolute Gasteiger partial charge is 0.573 e. The van der Waals surface area contributed by atoms with Gasteiger partial charge in [0, 0.05) is 9.26 Å². The van der Waals surface area contributed by atoms with Gasteiger partial charge in [-0.15, -0.1) is 13.2 Å². The van der Waals surface area contributed by atoms with Crippen LogP contribution in [0.15, 0.2) is 83.8 Å². The molecule has 3 rings (SSSR count). The van der Waals surface area contributed by atoms with Crippen molar-refractivity contribution in [2.24, 2.45) is 0 Å². The highest BCUT2D eigenvalue weighted by atomic mass is 127. The molecule has 3 aromatic carbocycles. The first-order valence-corrected chi connectivity index (χ1v) is 11.6. The van der Waals surface area contributed by atoms with Crippen LogP contribution < -0.4 is 14.4 Å². The zero-order chi connectivity index (χ0) is 23.4. The van der Waals surface area contributed by atoms with Gasteiger partial charge in [0.05, 0.1) is 10.6 Å². The lowest BCUT2D eigenvalue weighted by Crippen LogP contribution is -2.38. The highest BCUT2D eigenvalue weighted by Gasteiger charge is 2.31. The predicted molar refractivity (Wildman–Crippen MR) is 122 cm³/mol. The normalized spacial score (nSPS) is 11.6. The Morgan fingerprint density at radius 3 is 2.09 bits per heavy atom. The van der Waals surface area contributed by atoms with E-state index >= 15 is 0 Å². The molecule has 0 heterocycles. The van der Waals surface area contributed by atoms with E-state index in [9.17, 15) is 26.4 Å². The fourth-order valence-corrected chi connectivity index (χ4v) is 4.51. The van der Waals surface area contributed by atoms with Gasteiger partial charge >= 0.3 is 6.36 Å². The van der Waals surface area contributed by atoms with Gasteiger partial charge in [-0.1, -0.05) is 18.2 Å². The topological polar surface area (TPSA) is 75.7 Å². The molecule has 0 aliphatic heterocycles. The van der Waals surface area contributed by atoms with Crippen molar-refractivity contribution in [1.29, 1.82) is 0 Å². The lowest BCUT2D eigenvalue weighted by atomic mass is 10.3. The fraction of sp³-hybridized carbons (Fsp3) is 0.0952.